The molecule has 0 aliphatic heterocycles. The van der Waals surface area contributed by atoms with Crippen molar-refractivity contribution in [1.82, 2.24) is 5.32 Å². The predicted octanol–water partition coefficient (Wildman–Crippen LogP) is 9.48. The van der Waals surface area contributed by atoms with Gasteiger partial charge in [0.1, 0.15) is 36.6 Å². The Kier molecular flexibility index (Phi) is 37.9. The van der Waals surface area contributed by atoms with Gasteiger partial charge in [0.25, 0.3) is 0 Å². The molecule has 8 unspecified atom stereocenters. The van der Waals surface area contributed by atoms with Crippen LogP contribution in [0.25, 0.3) is 0 Å². The molecule has 0 radical (unpaired) electrons. The summed E-state index contributed by atoms with van der Waals surface area (Å²) in [6.45, 7) is 3.73. The van der Waals surface area contributed by atoms with Crippen molar-refractivity contribution in [2.45, 2.75) is 261 Å². The van der Waals surface area contributed by atoms with E-state index < -0.39 is 75.2 Å². The van der Waals surface area contributed by atoms with Gasteiger partial charge in [-0.2, -0.15) is 0 Å². The SMILES string of the molecule is CCCCCCCC/C=C/CC/C=C/CC/C=C/C(O)C(COP(=O)(O)OC1C(O)C(O)C(O)C(O)C1O)NC(=O)CC(O)CCCCCCC/C=C\CCCCCCCCCCCC. The molecule has 0 bridgehead atoms. The molecule has 0 heterocycles. The highest BCUT2D eigenvalue weighted by molar-refractivity contribution is 7.47. The summed E-state index contributed by atoms with van der Waals surface area (Å²) in [6, 6.07) is -1.27. The first-order valence-corrected chi connectivity index (χ1v) is 27.2. The molecule has 1 rings (SSSR count). The highest BCUT2D eigenvalue weighted by atomic mass is 31.2. The minimum atomic E-state index is -5.16. The van der Waals surface area contributed by atoms with Gasteiger partial charge in [0.05, 0.1) is 31.3 Å². The number of unbranched alkanes of at least 4 members (excludes halogenated alkanes) is 23. The first kappa shape index (κ1) is 61.3. The van der Waals surface area contributed by atoms with Crippen LogP contribution in [0.2, 0.25) is 0 Å². The molecule has 65 heavy (non-hydrogen) atoms. The number of phosphoric ester groups is 1. The molecule has 1 aliphatic carbocycles. The van der Waals surface area contributed by atoms with Gasteiger partial charge >= 0.3 is 7.82 Å². The molecular formula is C51H94NO12P. The molecule has 9 N–H and O–H groups in total. The van der Waals surface area contributed by atoms with Gasteiger partial charge in [0.2, 0.25) is 5.91 Å². The molecule has 14 heteroatoms. The van der Waals surface area contributed by atoms with Crippen LogP contribution in [0.3, 0.4) is 0 Å². The maximum Gasteiger partial charge on any atom is 0.472 e. The zero-order valence-corrected chi connectivity index (χ0v) is 41.3. The number of aliphatic hydroxyl groups is 7. The van der Waals surface area contributed by atoms with E-state index in [-0.39, 0.29) is 6.42 Å². The van der Waals surface area contributed by atoms with Crippen molar-refractivity contribution in [1.29, 1.82) is 0 Å². The minimum absolute atomic E-state index is 0.262. The van der Waals surface area contributed by atoms with Crippen LogP contribution < -0.4 is 5.32 Å². The normalized spacial score (nSPS) is 22.9. The summed E-state index contributed by atoms with van der Waals surface area (Å²) < 4.78 is 22.9. The van der Waals surface area contributed by atoms with E-state index >= 15 is 0 Å². The van der Waals surface area contributed by atoms with Gasteiger partial charge in [0, 0.05) is 0 Å². The van der Waals surface area contributed by atoms with Gasteiger partial charge < -0.3 is 46.0 Å². The molecule has 0 aromatic rings. The van der Waals surface area contributed by atoms with Crippen LogP contribution in [0, 0.1) is 0 Å². The van der Waals surface area contributed by atoms with Crippen LogP contribution in [0.4, 0.5) is 0 Å². The molecule has 1 fully saturated rings. The van der Waals surface area contributed by atoms with Gasteiger partial charge in [-0.05, 0) is 70.6 Å². The molecule has 1 amide bonds. The largest absolute Gasteiger partial charge is 0.472 e. The van der Waals surface area contributed by atoms with E-state index in [1.807, 2.05) is 0 Å². The quantitative estimate of drug-likeness (QED) is 0.0158. The van der Waals surface area contributed by atoms with E-state index in [9.17, 15) is 50.0 Å². The second-order valence-corrected chi connectivity index (χ2v) is 19.6. The van der Waals surface area contributed by atoms with E-state index in [2.05, 4.69) is 55.6 Å². The average Bonchev–Trinajstić information content (AvgIpc) is 3.28. The summed E-state index contributed by atoms with van der Waals surface area (Å²) in [6.07, 6.45) is 34.8. The maximum absolute atomic E-state index is 13.0. The Hall–Kier alpha value is -1.74. The zero-order valence-electron chi connectivity index (χ0n) is 40.4. The molecule has 1 aliphatic rings. The summed E-state index contributed by atoms with van der Waals surface area (Å²) in [5, 5.41) is 74.6. The standard InChI is InChI=1S/C51H94NO12P/c1-3-5-7-9-11-13-15-17-19-21-22-23-24-26-28-30-32-34-36-38-42(53)40-45(55)52-43(41-63-65(61,62)64-51-49(59)47(57)46(56)48(58)50(51)60)44(54)39-37-35-33-31-29-27-25-20-18-16-14-12-10-8-6-4-2/h18,20,23-24,29,31,37,39,42-44,46-51,53-54,56-60H,3-17,19,21-22,25-28,30,32-36,38,40-41H2,1-2H3,(H,52,55)(H,61,62)/b20-18+,24-23-,31-29+,39-37+. The van der Waals surface area contributed by atoms with Crippen molar-refractivity contribution in [2.75, 3.05) is 6.61 Å². The van der Waals surface area contributed by atoms with Crippen LogP contribution in [0.15, 0.2) is 48.6 Å². The molecule has 8 atom stereocenters. The smallest absolute Gasteiger partial charge is 0.393 e. The number of phosphoric acid groups is 1. The molecule has 0 spiro atoms. The highest BCUT2D eigenvalue weighted by Gasteiger charge is 2.51. The van der Waals surface area contributed by atoms with Crippen LogP contribution >= 0.6 is 7.82 Å². The minimum Gasteiger partial charge on any atom is -0.393 e. The molecule has 13 nitrogen and oxygen atoms in total. The maximum atomic E-state index is 13.0. The Morgan fingerprint density at radius 3 is 1.35 bits per heavy atom. The Balaban J connectivity index is 2.52. The van der Waals surface area contributed by atoms with E-state index in [0.29, 0.717) is 19.3 Å². The second kappa shape index (κ2) is 40.2. The number of nitrogens with one attached hydrogen (secondary N) is 1. The van der Waals surface area contributed by atoms with E-state index in [0.717, 1.165) is 64.2 Å². The number of carbonyl (C=O) groups is 1. The van der Waals surface area contributed by atoms with E-state index in [1.165, 1.54) is 109 Å². The van der Waals surface area contributed by atoms with Crippen LogP contribution in [0.5, 0.6) is 0 Å². The lowest BCUT2D eigenvalue weighted by Crippen LogP contribution is -2.64. The third-order valence-corrected chi connectivity index (χ3v) is 13.1. The van der Waals surface area contributed by atoms with Crippen molar-refractivity contribution in [3.05, 3.63) is 48.6 Å². The van der Waals surface area contributed by atoms with Crippen LogP contribution in [-0.2, 0) is 18.4 Å². The topological polar surface area (TPSA) is 226 Å². The van der Waals surface area contributed by atoms with Crippen molar-refractivity contribution in [3.63, 3.8) is 0 Å². The monoisotopic (exact) mass is 944 g/mol. The Labute approximate surface area is 393 Å². The Bertz CT molecular complexity index is 1300. The number of carbonyl (C=O) groups excluding carboxylic acids is 1. The van der Waals surface area contributed by atoms with Gasteiger partial charge in [0.15, 0.2) is 0 Å². The highest BCUT2D eigenvalue weighted by Crippen LogP contribution is 2.47. The van der Waals surface area contributed by atoms with Gasteiger partial charge in [-0.1, -0.05) is 178 Å². The molecule has 380 valence electrons. The van der Waals surface area contributed by atoms with Crippen molar-refractivity contribution >= 4 is 13.7 Å². The first-order chi connectivity index (χ1) is 31.3. The number of rotatable bonds is 42. The molecule has 0 aromatic carbocycles. The molecule has 0 aromatic heterocycles. The second-order valence-electron chi connectivity index (χ2n) is 18.2. The number of hydrogen-bond acceptors (Lipinski definition) is 11. The van der Waals surface area contributed by atoms with Gasteiger partial charge in [-0.3, -0.25) is 13.8 Å². The van der Waals surface area contributed by atoms with E-state index in [4.69, 9.17) is 9.05 Å². The summed E-state index contributed by atoms with van der Waals surface area (Å²) in [7, 11) is -5.16. The fourth-order valence-electron chi connectivity index (χ4n) is 7.91. The summed E-state index contributed by atoms with van der Waals surface area (Å²) in [5.74, 6) is -0.612. The number of allylic oxidation sites excluding steroid dienone is 7. The Morgan fingerprint density at radius 1 is 0.538 bits per heavy atom. The number of aliphatic hydroxyl groups excluding tert-OH is 7. The predicted molar refractivity (Wildman–Crippen MR) is 261 cm³/mol. The van der Waals surface area contributed by atoms with Crippen LogP contribution in [-0.4, -0.2) is 108 Å². The van der Waals surface area contributed by atoms with Gasteiger partial charge in [-0.25, -0.2) is 4.57 Å². The summed E-state index contributed by atoms with van der Waals surface area (Å²) in [5.41, 5.74) is 0. The van der Waals surface area contributed by atoms with Crippen LogP contribution in [0.1, 0.15) is 206 Å². The third-order valence-electron chi connectivity index (χ3n) is 12.1. The third kappa shape index (κ3) is 31.8. The molecule has 1 saturated carbocycles. The average molecular weight is 944 g/mol. The fraction of sp³-hybridized carbons (Fsp3) is 0.824. The molecule has 0 saturated heterocycles. The lowest BCUT2D eigenvalue weighted by Gasteiger charge is -2.41. The number of hydrogen-bond donors (Lipinski definition) is 9. The zero-order chi connectivity index (χ0) is 48.0. The number of amides is 1. The van der Waals surface area contributed by atoms with Gasteiger partial charge in [-0.15, -0.1) is 0 Å². The first-order valence-electron chi connectivity index (χ1n) is 25.7. The summed E-state index contributed by atoms with van der Waals surface area (Å²) in [4.78, 5) is 23.5. The van der Waals surface area contributed by atoms with Crippen molar-refractivity contribution < 1.29 is 59.0 Å². The molecular weight excluding hydrogens is 850 g/mol. The fourth-order valence-corrected chi connectivity index (χ4v) is 8.88. The lowest BCUT2D eigenvalue weighted by atomic mass is 9.85. The van der Waals surface area contributed by atoms with E-state index in [1.54, 1.807) is 6.08 Å². The van der Waals surface area contributed by atoms with Crippen molar-refractivity contribution in [2.24, 2.45) is 0 Å². The Morgan fingerprint density at radius 2 is 0.908 bits per heavy atom. The lowest BCUT2D eigenvalue weighted by molar-refractivity contribution is -0.220. The van der Waals surface area contributed by atoms with Crippen molar-refractivity contribution in [3.8, 4) is 0 Å². The summed E-state index contributed by atoms with van der Waals surface area (Å²) >= 11 is 0.